The van der Waals surface area contributed by atoms with E-state index in [1.54, 1.807) is 5.56 Å². The molecule has 2 aromatic rings. The second-order valence-electron chi connectivity index (χ2n) is 7.60. The Hall–Kier alpha value is -1.32. The fraction of sp³-hybridized carbons (Fsp3) is 0.619. The molecule has 1 aromatic heterocycles. The van der Waals surface area contributed by atoms with Crippen molar-refractivity contribution in [2.45, 2.75) is 57.5 Å². The maximum Gasteiger partial charge on any atom is 0.0483 e. The van der Waals surface area contributed by atoms with E-state index in [-0.39, 0.29) is 0 Å². The Bertz CT molecular complexity index is 669. The van der Waals surface area contributed by atoms with Crippen molar-refractivity contribution < 1.29 is 0 Å². The van der Waals surface area contributed by atoms with Gasteiger partial charge in [0.1, 0.15) is 0 Å². The summed E-state index contributed by atoms with van der Waals surface area (Å²) >= 11 is 0. The summed E-state index contributed by atoms with van der Waals surface area (Å²) in [6.07, 6.45) is 9.16. The van der Waals surface area contributed by atoms with Crippen molar-refractivity contribution in [2.75, 3.05) is 26.2 Å². The lowest BCUT2D eigenvalue weighted by Crippen LogP contribution is -2.49. The number of fused-ring (bicyclic) bond motifs is 1. The Labute approximate surface area is 146 Å². The lowest BCUT2D eigenvalue weighted by Gasteiger charge is -2.39. The van der Waals surface area contributed by atoms with Crippen molar-refractivity contribution in [3.8, 4) is 0 Å². The van der Waals surface area contributed by atoms with Gasteiger partial charge in [0.2, 0.25) is 0 Å². The van der Waals surface area contributed by atoms with E-state index in [1.165, 1.54) is 56.1 Å². The zero-order valence-electron chi connectivity index (χ0n) is 15.0. The van der Waals surface area contributed by atoms with Crippen molar-refractivity contribution >= 4 is 10.9 Å². The van der Waals surface area contributed by atoms with E-state index in [0.717, 1.165) is 31.6 Å². The van der Waals surface area contributed by atoms with Crippen LogP contribution in [0.4, 0.5) is 0 Å². The molecule has 24 heavy (non-hydrogen) atoms. The van der Waals surface area contributed by atoms with Crippen LogP contribution in [0.5, 0.6) is 0 Å². The lowest BCUT2D eigenvalue weighted by atomic mass is 9.80. The van der Waals surface area contributed by atoms with Gasteiger partial charge in [0.05, 0.1) is 0 Å². The Balaban J connectivity index is 1.59. The molecule has 1 saturated heterocycles. The molecule has 2 atom stereocenters. The van der Waals surface area contributed by atoms with Crippen LogP contribution in [0.3, 0.4) is 0 Å². The Kier molecular flexibility index (Phi) is 4.91. The molecule has 1 saturated carbocycles. The van der Waals surface area contributed by atoms with Gasteiger partial charge < -0.3 is 9.88 Å². The minimum atomic E-state index is 0.738. The van der Waals surface area contributed by atoms with Gasteiger partial charge in [-0.3, -0.25) is 4.90 Å². The molecule has 1 aliphatic carbocycles. The first-order chi connectivity index (χ1) is 11.9. The van der Waals surface area contributed by atoms with Crippen LogP contribution in [0, 0.1) is 0 Å². The summed E-state index contributed by atoms with van der Waals surface area (Å²) in [6, 6.07) is 9.82. The average molecular weight is 326 g/mol. The molecule has 2 fully saturated rings. The van der Waals surface area contributed by atoms with E-state index in [4.69, 9.17) is 0 Å². The smallest absolute Gasteiger partial charge is 0.0483 e. The molecule has 2 aliphatic rings. The number of aromatic nitrogens is 1. The molecule has 0 bridgehead atoms. The van der Waals surface area contributed by atoms with Crippen LogP contribution in [0.1, 0.15) is 50.5 Å². The number of nitrogens with zero attached hydrogens (tertiary/aromatic N) is 2. The summed E-state index contributed by atoms with van der Waals surface area (Å²) in [5.74, 6) is 0.738. The van der Waals surface area contributed by atoms with Gasteiger partial charge in [-0.05, 0) is 43.2 Å². The first kappa shape index (κ1) is 16.2. The molecule has 1 N–H and O–H groups in total. The van der Waals surface area contributed by atoms with Crippen molar-refractivity contribution in [2.24, 2.45) is 0 Å². The summed E-state index contributed by atoms with van der Waals surface area (Å²) < 4.78 is 2.49. The molecule has 130 valence electrons. The molecule has 0 radical (unpaired) electrons. The highest BCUT2D eigenvalue weighted by Crippen LogP contribution is 2.39. The van der Waals surface area contributed by atoms with Crippen LogP contribution >= 0.6 is 0 Å². The van der Waals surface area contributed by atoms with Gasteiger partial charge in [-0.2, -0.15) is 0 Å². The maximum atomic E-state index is 3.49. The second kappa shape index (κ2) is 7.28. The first-order valence-corrected chi connectivity index (χ1v) is 9.89. The lowest BCUT2D eigenvalue weighted by molar-refractivity contribution is 0.131. The molecule has 4 rings (SSSR count). The molecule has 3 nitrogen and oxygen atoms in total. The Morgan fingerprint density at radius 3 is 2.79 bits per heavy atom. The number of piperazine rings is 1. The molecule has 1 aromatic carbocycles. The number of hydrogen-bond donors (Lipinski definition) is 1. The third kappa shape index (κ3) is 3.12. The van der Waals surface area contributed by atoms with Crippen molar-refractivity contribution in [1.29, 1.82) is 0 Å². The number of rotatable bonds is 4. The average Bonchev–Trinajstić information content (AvgIpc) is 3.02. The summed E-state index contributed by atoms with van der Waals surface area (Å²) in [4.78, 5) is 2.74. The SMILES string of the molecule is CCCn1cc(C2CCCC(N3CCNCC3)C2)c2ccccc21. The van der Waals surface area contributed by atoms with Gasteiger partial charge in [0, 0.05) is 55.9 Å². The molecule has 1 aliphatic heterocycles. The summed E-state index contributed by atoms with van der Waals surface area (Å²) in [7, 11) is 0. The largest absolute Gasteiger partial charge is 0.347 e. The fourth-order valence-corrected chi connectivity index (χ4v) is 4.85. The number of para-hydroxylation sites is 1. The third-order valence-electron chi connectivity index (χ3n) is 6.04. The van der Waals surface area contributed by atoms with Gasteiger partial charge in [0.25, 0.3) is 0 Å². The number of nitrogens with one attached hydrogen (secondary N) is 1. The normalized spacial score (nSPS) is 26.0. The van der Waals surface area contributed by atoms with Gasteiger partial charge in [-0.25, -0.2) is 0 Å². The topological polar surface area (TPSA) is 20.2 Å². The maximum absolute atomic E-state index is 3.49. The van der Waals surface area contributed by atoms with E-state index in [1.807, 2.05) is 0 Å². The minimum absolute atomic E-state index is 0.738. The number of aryl methyl sites for hydroxylation is 1. The van der Waals surface area contributed by atoms with E-state index >= 15 is 0 Å². The summed E-state index contributed by atoms with van der Waals surface area (Å²) in [5, 5.41) is 4.99. The molecule has 0 amide bonds. The predicted octanol–water partition coefficient (Wildman–Crippen LogP) is 3.98. The van der Waals surface area contributed by atoms with Gasteiger partial charge >= 0.3 is 0 Å². The second-order valence-corrected chi connectivity index (χ2v) is 7.60. The zero-order chi connectivity index (χ0) is 16.4. The quantitative estimate of drug-likeness (QED) is 0.917. The predicted molar refractivity (Wildman–Crippen MR) is 102 cm³/mol. The Morgan fingerprint density at radius 2 is 1.96 bits per heavy atom. The highest BCUT2D eigenvalue weighted by molar-refractivity contribution is 5.84. The van der Waals surface area contributed by atoms with Crippen LogP contribution in [0.2, 0.25) is 0 Å². The number of benzene rings is 1. The standard InChI is InChI=1S/C21H31N3/c1-2-12-24-16-20(19-8-3-4-9-21(19)24)17-6-5-7-18(15-17)23-13-10-22-11-14-23/h3-4,8-9,16-18,22H,2,5-7,10-15H2,1H3. The van der Waals surface area contributed by atoms with Crippen LogP contribution < -0.4 is 5.32 Å². The first-order valence-electron chi connectivity index (χ1n) is 9.89. The van der Waals surface area contributed by atoms with Crippen LogP contribution in [0.25, 0.3) is 10.9 Å². The highest BCUT2D eigenvalue weighted by atomic mass is 15.2. The molecule has 2 unspecified atom stereocenters. The molecule has 0 spiro atoms. The van der Waals surface area contributed by atoms with E-state index in [9.17, 15) is 0 Å². The van der Waals surface area contributed by atoms with Crippen molar-refractivity contribution in [1.82, 2.24) is 14.8 Å². The van der Waals surface area contributed by atoms with Gasteiger partial charge in [0.15, 0.2) is 0 Å². The van der Waals surface area contributed by atoms with Gasteiger partial charge in [-0.15, -0.1) is 0 Å². The molecular formula is C21H31N3. The fourth-order valence-electron chi connectivity index (χ4n) is 4.85. The van der Waals surface area contributed by atoms with Gasteiger partial charge in [-0.1, -0.05) is 31.5 Å². The summed E-state index contributed by atoms with van der Waals surface area (Å²) in [6.45, 7) is 8.20. The van der Waals surface area contributed by atoms with Crippen LogP contribution in [0.15, 0.2) is 30.5 Å². The highest BCUT2D eigenvalue weighted by Gasteiger charge is 2.29. The zero-order valence-corrected chi connectivity index (χ0v) is 15.0. The molecular weight excluding hydrogens is 294 g/mol. The van der Waals surface area contributed by atoms with E-state index < -0.39 is 0 Å². The monoisotopic (exact) mass is 325 g/mol. The third-order valence-corrected chi connectivity index (χ3v) is 6.04. The van der Waals surface area contributed by atoms with E-state index in [0.29, 0.717) is 0 Å². The number of hydrogen-bond acceptors (Lipinski definition) is 2. The van der Waals surface area contributed by atoms with Crippen molar-refractivity contribution in [3.05, 3.63) is 36.0 Å². The summed E-state index contributed by atoms with van der Waals surface area (Å²) in [5.41, 5.74) is 3.04. The Morgan fingerprint density at radius 1 is 1.12 bits per heavy atom. The van der Waals surface area contributed by atoms with E-state index in [2.05, 4.69) is 52.2 Å². The van der Waals surface area contributed by atoms with Crippen LogP contribution in [-0.2, 0) is 6.54 Å². The van der Waals surface area contributed by atoms with Crippen molar-refractivity contribution in [3.63, 3.8) is 0 Å². The molecule has 2 heterocycles. The minimum Gasteiger partial charge on any atom is -0.347 e. The molecule has 3 heteroatoms. The van der Waals surface area contributed by atoms with Crippen LogP contribution in [-0.4, -0.2) is 41.7 Å².